The molecule has 1 aromatic carbocycles. The quantitative estimate of drug-likeness (QED) is 0.770. The Balaban J connectivity index is 1.43. The smallest absolute Gasteiger partial charge is 0.227 e. The second-order valence-electron chi connectivity index (χ2n) is 7.01. The number of carbonyl (C=O) groups is 1. The van der Waals surface area contributed by atoms with E-state index in [1.165, 1.54) is 12.1 Å². The lowest BCUT2D eigenvalue weighted by Crippen LogP contribution is -2.43. The van der Waals surface area contributed by atoms with E-state index in [1.807, 2.05) is 18.2 Å². The summed E-state index contributed by atoms with van der Waals surface area (Å²) >= 11 is 0. The van der Waals surface area contributed by atoms with Crippen LogP contribution in [-0.2, 0) is 11.3 Å². The van der Waals surface area contributed by atoms with Crippen LogP contribution in [0, 0.1) is 11.7 Å². The number of aromatic amines is 1. The second kappa shape index (κ2) is 7.34. The molecule has 3 heterocycles. The number of anilines is 1. The van der Waals surface area contributed by atoms with Crippen LogP contribution in [0.2, 0.25) is 0 Å². The molecule has 0 spiro atoms. The number of halogens is 1. The summed E-state index contributed by atoms with van der Waals surface area (Å²) in [5.41, 5.74) is 1.34. The molecule has 0 bridgehead atoms. The van der Waals surface area contributed by atoms with Gasteiger partial charge in [-0.1, -0.05) is 6.07 Å². The van der Waals surface area contributed by atoms with Gasteiger partial charge in [-0.3, -0.25) is 4.79 Å². The lowest BCUT2D eigenvalue weighted by atomic mass is 9.96. The number of rotatable bonds is 4. The Hall–Kier alpha value is -2.96. The number of nitrogens with zero attached hydrogens (tertiary/aromatic N) is 4. The zero-order valence-corrected chi connectivity index (χ0v) is 15.2. The van der Waals surface area contributed by atoms with Gasteiger partial charge < -0.3 is 14.8 Å². The molecule has 0 radical (unpaired) electrons. The Morgan fingerprint density at radius 3 is 3.07 bits per heavy atom. The van der Waals surface area contributed by atoms with E-state index in [2.05, 4.69) is 19.9 Å². The van der Waals surface area contributed by atoms with Crippen molar-refractivity contribution < 1.29 is 9.18 Å². The van der Waals surface area contributed by atoms with Crippen LogP contribution in [0.15, 0.2) is 42.6 Å². The number of pyridine rings is 1. The molecule has 6 nitrogen and oxygen atoms in total. The van der Waals surface area contributed by atoms with Crippen LogP contribution in [0.3, 0.4) is 0 Å². The summed E-state index contributed by atoms with van der Waals surface area (Å²) in [5, 5.41) is 0. The predicted octanol–water partition coefficient (Wildman–Crippen LogP) is 2.97. The largest absolute Gasteiger partial charge is 0.356 e. The number of hydrogen-bond acceptors (Lipinski definition) is 4. The van der Waals surface area contributed by atoms with Crippen LogP contribution in [-0.4, -0.2) is 45.9 Å². The highest BCUT2D eigenvalue weighted by molar-refractivity contribution is 5.80. The molecule has 1 aliphatic rings. The third-order valence-electron chi connectivity index (χ3n) is 5.00. The summed E-state index contributed by atoms with van der Waals surface area (Å²) in [5.74, 6) is 1.30. The SMILES string of the molecule is CN(Cc1nc2ccc(F)cc2[nH]1)C(=O)C1CCCN(c2ccccn2)C1. The first-order valence-electron chi connectivity index (χ1n) is 9.15. The van der Waals surface area contributed by atoms with Crippen LogP contribution in [0.25, 0.3) is 11.0 Å². The molecule has 1 atom stereocenters. The minimum atomic E-state index is -0.307. The van der Waals surface area contributed by atoms with Crippen LogP contribution in [0.4, 0.5) is 10.2 Å². The van der Waals surface area contributed by atoms with Crippen molar-refractivity contribution in [2.45, 2.75) is 19.4 Å². The number of hydrogen-bond donors (Lipinski definition) is 1. The van der Waals surface area contributed by atoms with E-state index in [0.717, 1.165) is 25.2 Å². The Labute approximate surface area is 157 Å². The minimum Gasteiger partial charge on any atom is -0.356 e. The van der Waals surface area contributed by atoms with Crippen molar-refractivity contribution in [3.05, 3.63) is 54.2 Å². The van der Waals surface area contributed by atoms with E-state index >= 15 is 0 Å². The van der Waals surface area contributed by atoms with Gasteiger partial charge in [0, 0.05) is 26.3 Å². The third kappa shape index (κ3) is 3.77. The lowest BCUT2D eigenvalue weighted by Gasteiger charge is -2.34. The third-order valence-corrected chi connectivity index (χ3v) is 5.00. The van der Waals surface area contributed by atoms with Crippen molar-refractivity contribution in [1.82, 2.24) is 19.9 Å². The van der Waals surface area contributed by atoms with E-state index in [-0.39, 0.29) is 17.6 Å². The summed E-state index contributed by atoms with van der Waals surface area (Å²) in [6.45, 7) is 1.96. The van der Waals surface area contributed by atoms with Gasteiger partial charge in [-0.25, -0.2) is 14.4 Å². The van der Waals surface area contributed by atoms with Gasteiger partial charge >= 0.3 is 0 Å². The molecule has 1 N–H and O–H groups in total. The molecule has 27 heavy (non-hydrogen) atoms. The monoisotopic (exact) mass is 367 g/mol. The second-order valence-corrected chi connectivity index (χ2v) is 7.01. The molecule has 140 valence electrons. The molecule has 7 heteroatoms. The molecule has 4 rings (SSSR count). The highest BCUT2D eigenvalue weighted by atomic mass is 19.1. The van der Waals surface area contributed by atoms with Crippen molar-refractivity contribution >= 4 is 22.8 Å². The molecular weight excluding hydrogens is 345 g/mol. The van der Waals surface area contributed by atoms with Gasteiger partial charge in [-0.2, -0.15) is 0 Å². The van der Waals surface area contributed by atoms with E-state index in [1.54, 1.807) is 24.2 Å². The number of nitrogens with one attached hydrogen (secondary N) is 1. The number of amides is 1. The van der Waals surface area contributed by atoms with Crippen molar-refractivity contribution in [2.75, 3.05) is 25.0 Å². The minimum absolute atomic E-state index is 0.0624. The maximum absolute atomic E-state index is 13.3. The van der Waals surface area contributed by atoms with Gasteiger partial charge in [0.25, 0.3) is 0 Å². The van der Waals surface area contributed by atoms with Gasteiger partial charge in [0.15, 0.2) is 0 Å². The lowest BCUT2D eigenvalue weighted by molar-refractivity contribution is -0.135. The highest BCUT2D eigenvalue weighted by Gasteiger charge is 2.28. The fourth-order valence-electron chi connectivity index (χ4n) is 3.65. The molecule has 0 saturated carbocycles. The fourth-order valence-corrected chi connectivity index (χ4v) is 3.65. The molecule has 0 aliphatic carbocycles. The summed E-state index contributed by atoms with van der Waals surface area (Å²) in [4.78, 5) is 28.7. The van der Waals surface area contributed by atoms with Crippen molar-refractivity contribution in [3.63, 3.8) is 0 Å². The summed E-state index contributed by atoms with van der Waals surface area (Å²) in [6.07, 6.45) is 3.61. The maximum atomic E-state index is 13.3. The van der Waals surface area contributed by atoms with Gasteiger partial charge in [-0.15, -0.1) is 0 Å². The normalized spacial score (nSPS) is 17.3. The van der Waals surface area contributed by atoms with Crippen LogP contribution < -0.4 is 4.90 Å². The van der Waals surface area contributed by atoms with Crippen LogP contribution in [0.5, 0.6) is 0 Å². The first-order valence-corrected chi connectivity index (χ1v) is 9.15. The van der Waals surface area contributed by atoms with E-state index in [9.17, 15) is 9.18 Å². The average molecular weight is 367 g/mol. The number of piperidine rings is 1. The average Bonchev–Trinajstić information content (AvgIpc) is 3.09. The van der Waals surface area contributed by atoms with E-state index < -0.39 is 0 Å². The Morgan fingerprint density at radius 2 is 2.26 bits per heavy atom. The van der Waals surface area contributed by atoms with Crippen molar-refractivity contribution in [2.24, 2.45) is 5.92 Å². The summed E-state index contributed by atoms with van der Waals surface area (Å²) in [6, 6.07) is 10.3. The number of benzene rings is 1. The molecule has 1 fully saturated rings. The van der Waals surface area contributed by atoms with Crippen LogP contribution >= 0.6 is 0 Å². The highest BCUT2D eigenvalue weighted by Crippen LogP contribution is 2.23. The Bertz CT molecular complexity index is 942. The first kappa shape index (κ1) is 17.5. The molecule has 1 saturated heterocycles. The number of H-pyrrole nitrogens is 1. The standard InChI is InChI=1S/C20H22FN5O/c1-25(13-18-23-16-8-7-15(21)11-17(16)24-18)20(27)14-5-4-10-26(12-14)19-6-2-3-9-22-19/h2-3,6-9,11,14H,4-5,10,12-13H2,1H3,(H,23,24). The van der Waals surface area contributed by atoms with Crippen molar-refractivity contribution in [3.8, 4) is 0 Å². The van der Waals surface area contributed by atoms with Gasteiger partial charge in [0.05, 0.1) is 23.5 Å². The summed E-state index contributed by atoms with van der Waals surface area (Å²) in [7, 11) is 1.79. The van der Waals surface area contributed by atoms with Crippen molar-refractivity contribution in [1.29, 1.82) is 0 Å². The van der Waals surface area contributed by atoms with Gasteiger partial charge in [-0.05, 0) is 43.2 Å². The first-order chi connectivity index (χ1) is 13.1. The van der Waals surface area contributed by atoms with Gasteiger partial charge in [0.2, 0.25) is 5.91 Å². The molecule has 1 aliphatic heterocycles. The molecule has 1 unspecified atom stereocenters. The number of aromatic nitrogens is 3. The Morgan fingerprint density at radius 1 is 1.37 bits per heavy atom. The topological polar surface area (TPSA) is 65.1 Å². The number of imidazole rings is 1. The number of carbonyl (C=O) groups excluding carboxylic acids is 1. The zero-order chi connectivity index (χ0) is 18.8. The van der Waals surface area contributed by atoms with E-state index in [4.69, 9.17) is 0 Å². The van der Waals surface area contributed by atoms with E-state index in [0.29, 0.717) is 29.9 Å². The molecular formula is C20H22FN5O. The predicted molar refractivity (Wildman–Crippen MR) is 102 cm³/mol. The fraction of sp³-hybridized carbons (Fsp3) is 0.350. The molecule has 3 aromatic rings. The zero-order valence-electron chi connectivity index (χ0n) is 15.2. The van der Waals surface area contributed by atoms with Gasteiger partial charge in [0.1, 0.15) is 17.5 Å². The summed E-state index contributed by atoms with van der Waals surface area (Å²) < 4.78 is 13.3. The van der Waals surface area contributed by atoms with Crippen LogP contribution in [0.1, 0.15) is 18.7 Å². The maximum Gasteiger partial charge on any atom is 0.227 e. The number of fused-ring (bicyclic) bond motifs is 1. The molecule has 1 amide bonds. The Kier molecular flexibility index (Phi) is 4.75. The molecule has 2 aromatic heterocycles.